The smallest absolute Gasteiger partial charge is 0.239 e. The van der Waals surface area contributed by atoms with Crippen molar-refractivity contribution in [2.45, 2.75) is 45.7 Å². The van der Waals surface area contributed by atoms with Gasteiger partial charge in [0.05, 0.1) is 25.9 Å². The summed E-state index contributed by atoms with van der Waals surface area (Å²) in [6.45, 7) is 5.30. The number of methoxy groups -OCH3 is 1. The minimum Gasteiger partial charge on any atom is -0.497 e. The minimum atomic E-state index is -0.126. The second-order valence-corrected chi connectivity index (χ2v) is 6.64. The Hall–Kier alpha value is -2.30. The summed E-state index contributed by atoms with van der Waals surface area (Å²) in [6.07, 6.45) is 2.07. The van der Waals surface area contributed by atoms with E-state index in [2.05, 4.69) is 39.9 Å². The molecule has 9 heteroatoms. The maximum absolute atomic E-state index is 12.1. The molecule has 1 aromatic heterocycles. The van der Waals surface area contributed by atoms with Crippen LogP contribution in [-0.2, 0) is 17.9 Å². The van der Waals surface area contributed by atoms with Gasteiger partial charge in [0.2, 0.25) is 5.91 Å². The first-order chi connectivity index (χ1) is 14.1. The Kier molecular flexibility index (Phi) is 11.9. The largest absolute Gasteiger partial charge is 0.497 e. The Morgan fingerprint density at radius 3 is 2.43 bits per heavy atom. The first kappa shape index (κ1) is 25.7. The van der Waals surface area contributed by atoms with Crippen LogP contribution in [0.3, 0.4) is 0 Å². The summed E-state index contributed by atoms with van der Waals surface area (Å²) < 4.78 is 10.5. The third kappa shape index (κ3) is 8.21. The fourth-order valence-corrected chi connectivity index (χ4v) is 2.87. The van der Waals surface area contributed by atoms with Crippen molar-refractivity contribution in [1.29, 1.82) is 0 Å². The molecule has 166 valence electrons. The zero-order valence-corrected chi connectivity index (χ0v) is 20.4. The highest BCUT2D eigenvalue weighted by atomic mass is 127. The van der Waals surface area contributed by atoms with Crippen molar-refractivity contribution in [3.63, 3.8) is 0 Å². The Bertz CT molecular complexity index is 788. The average Bonchev–Trinajstić information content (AvgIpc) is 3.22. The number of hydrogen-bond donors (Lipinski definition) is 3. The Morgan fingerprint density at radius 2 is 1.83 bits per heavy atom. The molecule has 2 rings (SSSR count). The first-order valence-electron chi connectivity index (χ1n) is 9.89. The number of nitrogens with one attached hydrogen (secondary N) is 3. The molecule has 1 aromatic carbocycles. The number of rotatable bonds is 10. The highest BCUT2D eigenvalue weighted by molar-refractivity contribution is 14.0. The van der Waals surface area contributed by atoms with Gasteiger partial charge in [-0.25, -0.2) is 0 Å². The molecule has 0 atom stereocenters. The lowest BCUT2D eigenvalue weighted by atomic mass is 9.99. The van der Waals surface area contributed by atoms with Crippen LogP contribution in [0.4, 0.5) is 0 Å². The van der Waals surface area contributed by atoms with Gasteiger partial charge in [0, 0.05) is 25.6 Å². The lowest BCUT2D eigenvalue weighted by Gasteiger charge is -2.11. The SMILES string of the molecule is CCC(CC)c1cc(CNC(=NC)NCC(=O)NCc2ccc(OC)cc2)on1.I. The van der Waals surface area contributed by atoms with E-state index in [1.54, 1.807) is 14.2 Å². The normalized spacial score (nSPS) is 11.0. The van der Waals surface area contributed by atoms with Crippen LogP contribution in [0.25, 0.3) is 0 Å². The van der Waals surface area contributed by atoms with Crippen LogP contribution in [0.2, 0.25) is 0 Å². The molecule has 3 N–H and O–H groups in total. The Morgan fingerprint density at radius 1 is 1.13 bits per heavy atom. The summed E-state index contributed by atoms with van der Waals surface area (Å²) in [5, 5.41) is 13.1. The van der Waals surface area contributed by atoms with Gasteiger partial charge in [-0.15, -0.1) is 24.0 Å². The number of hydrogen-bond acceptors (Lipinski definition) is 5. The van der Waals surface area contributed by atoms with E-state index < -0.39 is 0 Å². The summed E-state index contributed by atoms with van der Waals surface area (Å²) in [5.74, 6) is 2.33. The fraction of sp³-hybridized carbons (Fsp3) is 0.476. The molecule has 0 bridgehead atoms. The van der Waals surface area contributed by atoms with Crippen LogP contribution >= 0.6 is 24.0 Å². The lowest BCUT2D eigenvalue weighted by Crippen LogP contribution is -2.42. The number of carbonyl (C=O) groups is 1. The van der Waals surface area contributed by atoms with Crippen LogP contribution in [-0.4, -0.2) is 37.7 Å². The van der Waals surface area contributed by atoms with Crippen LogP contribution in [0.5, 0.6) is 5.75 Å². The molecule has 1 heterocycles. The molecular formula is C21H32IN5O3. The van der Waals surface area contributed by atoms with Gasteiger partial charge in [0.1, 0.15) is 5.75 Å². The second kappa shape index (κ2) is 13.8. The molecule has 0 saturated carbocycles. The molecule has 0 radical (unpaired) electrons. The monoisotopic (exact) mass is 529 g/mol. The number of halogens is 1. The van der Waals surface area contributed by atoms with E-state index in [1.165, 1.54) is 0 Å². The van der Waals surface area contributed by atoms with Gasteiger partial charge < -0.3 is 25.2 Å². The van der Waals surface area contributed by atoms with E-state index in [1.807, 2.05) is 30.3 Å². The van der Waals surface area contributed by atoms with Crippen molar-refractivity contribution in [3.05, 3.63) is 47.3 Å². The lowest BCUT2D eigenvalue weighted by molar-refractivity contribution is -0.120. The molecule has 8 nitrogen and oxygen atoms in total. The second-order valence-electron chi connectivity index (χ2n) is 6.64. The predicted molar refractivity (Wildman–Crippen MR) is 128 cm³/mol. The predicted octanol–water partition coefficient (Wildman–Crippen LogP) is 3.19. The highest BCUT2D eigenvalue weighted by Gasteiger charge is 2.13. The van der Waals surface area contributed by atoms with E-state index in [0.717, 1.165) is 35.6 Å². The molecule has 0 saturated heterocycles. The van der Waals surface area contributed by atoms with Crippen LogP contribution in [0.1, 0.15) is 49.6 Å². The maximum Gasteiger partial charge on any atom is 0.239 e. The van der Waals surface area contributed by atoms with E-state index in [4.69, 9.17) is 9.26 Å². The van der Waals surface area contributed by atoms with Crippen molar-refractivity contribution < 1.29 is 14.1 Å². The first-order valence-corrected chi connectivity index (χ1v) is 9.89. The molecule has 0 spiro atoms. The fourth-order valence-electron chi connectivity index (χ4n) is 2.87. The van der Waals surface area contributed by atoms with Crippen molar-refractivity contribution in [2.24, 2.45) is 4.99 Å². The van der Waals surface area contributed by atoms with Gasteiger partial charge in [-0.05, 0) is 30.5 Å². The summed E-state index contributed by atoms with van der Waals surface area (Å²) in [4.78, 5) is 16.2. The molecule has 0 aliphatic heterocycles. The molecule has 0 unspecified atom stereocenters. The summed E-state index contributed by atoms with van der Waals surface area (Å²) in [6, 6.07) is 9.54. The van der Waals surface area contributed by atoms with E-state index in [0.29, 0.717) is 25.0 Å². The maximum atomic E-state index is 12.1. The third-order valence-corrected chi connectivity index (χ3v) is 4.70. The summed E-state index contributed by atoms with van der Waals surface area (Å²) in [5.41, 5.74) is 1.98. The number of benzene rings is 1. The third-order valence-electron chi connectivity index (χ3n) is 4.70. The highest BCUT2D eigenvalue weighted by Crippen LogP contribution is 2.22. The van der Waals surface area contributed by atoms with Crippen molar-refractivity contribution >= 4 is 35.8 Å². The Labute approximate surface area is 195 Å². The van der Waals surface area contributed by atoms with Crippen LogP contribution in [0.15, 0.2) is 39.8 Å². The number of guanidine groups is 1. The molecule has 2 aromatic rings. The quantitative estimate of drug-likeness (QED) is 0.248. The van der Waals surface area contributed by atoms with Crippen LogP contribution < -0.4 is 20.7 Å². The number of amides is 1. The van der Waals surface area contributed by atoms with Gasteiger partial charge in [0.25, 0.3) is 0 Å². The van der Waals surface area contributed by atoms with Gasteiger partial charge in [0.15, 0.2) is 11.7 Å². The molecule has 30 heavy (non-hydrogen) atoms. The van der Waals surface area contributed by atoms with Gasteiger partial charge in [-0.3, -0.25) is 9.79 Å². The molecule has 1 amide bonds. The minimum absolute atomic E-state index is 0. The number of ether oxygens (including phenoxy) is 1. The topological polar surface area (TPSA) is 101 Å². The van der Waals surface area contributed by atoms with Gasteiger partial charge >= 0.3 is 0 Å². The molecule has 0 aliphatic carbocycles. The number of aromatic nitrogens is 1. The average molecular weight is 529 g/mol. The molecular weight excluding hydrogens is 497 g/mol. The standard InChI is InChI=1S/C21H31N5O3.HI/c1-5-16(6-2)19-11-18(29-26-19)13-24-21(22-3)25-14-20(27)23-12-15-7-9-17(28-4)10-8-15;/h7-11,16H,5-6,12-14H2,1-4H3,(H,23,27)(H2,22,24,25);1H. The van der Waals surface area contributed by atoms with Crippen molar-refractivity contribution in [2.75, 3.05) is 20.7 Å². The van der Waals surface area contributed by atoms with E-state index in [9.17, 15) is 4.79 Å². The van der Waals surface area contributed by atoms with E-state index in [-0.39, 0.29) is 36.4 Å². The number of nitrogens with zero attached hydrogens (tertiary/aromatic N) is 2. The van der Waals surface area contributed by atoms with Crippen LogP contribution in [0, 0.1) is 0 Å². The Balaban J connectivity index is 0.00000450. The number of aliphatic imine (C=N–C) groups is 1. The zero-order chi connectivity index (χ0) is 21.1. The summed E-state index contributed by atoms with van der Waals surface area (Å²) in [7, 11) is 3.28. The molecule has 0 fully saturated rings. The van der Waals surface area contributed by atoms with Gasteiger partial charge in [-0.2, -0.15) is 0 Å². The van der Waals surface area contributed by atoms with E-state index >= 15 is 0 Å². The molecule has 0 aliphatic rings. The van der Waals surface area contributed by atoms with Crippen molar-refractivity contribution in [1.82, 2.24) is 21.1 Å². The van der Waals surface area contributed by atoms with Crippen molar-refractivity contribution in [3.8, 4) is 5.75 Å². The number of carbonyl (C=O) groups excluding carboxylic acids is 1. The summed E-state index contributed by atoms with van der Waals surface area (Å²) >= 11 is 0. The zero-order valence-electron chi connectivity index (χ0n) is 18.0. The van der Waals surface area contributed by atoms with Gasteiger partial charge in [-0.1, -0.05) is 31.1 Å².